The summed E-state index contributed by atoms with van der Waals surface area (Å²) in [5, 5.41) is 9.06. The van der Waals surface area contributed by atoms with Gasteiger partial charge in [0.25, 0.3) is 5.91 Å². The second-order valence-electron chi connectivity index (χ2n) is 6.74. The van der Waals surface area contributed by atoms with Gasteiger partial charge in [0.2, 0.25) is 5.91 Å². The predicted molar refractivity (Wildman–Crippen MR) is 95.2 cm³/mol. The molecule has 0 saturated carbocycles. The topological polar surface area (TPSA) is 96.4 Å². The Balaban J connectivity index is 1.44. The number of amides is 2. The lowest BCUT2D eigenvalue weighted by Crippen LogP contribution is -2.52. The number of nitrogens with zero attached hydrogens (tertiary/aromatic N) is 2. The van der Waals surface area contributed by atoms with Crippen LogP contribution in [0, 0.1) is 5.92 Å². The highest BCUT2D eigenvalue weighted by Crippen LogP contribution is 2.21. The Morgan fingerprint density at radius 1 is 1.07 bits per heavy atom. The number of ether oxygens (including phenoxy) is 2. The van der Waals surface area contributed by atoms with E-state index in [4.69, 9.17) is 14.6 Å². The minimum Gasteiger partial charge on any atom is -0.484 e. The highest BCUT2D eigenvalue weighted by molar-refractivity contribution is 5.82. The Morgan fingerprint density at radius 2 is 1.78 bits per heavy atom. The van der Waals surface area contributed by atoms with E-state index in [1.54, 1.807) is 21.9 Å². The monoisotopic (exact) mass is 376 g/mol. The molecule has 2 heterocycles. The lowest BCUT2D eigenvalue weighted by Gasteiger charge is -2.36. The number of morpholine rings is 1. The molecule has 0 bridgehead atoms. The molecule has 2 aliphatic heterocycles. The first-order valence-corrected chi connectivity index (χ1v) is 9.13. The van der Waals surface area contributed by atoms with Gasteiger partial charge in [-0.15, -0.1) is 0 Å². The number of rotatable bonds is 5. The van der Waals surface area contributed by atoms with Crippen LogP contribution in [-0.2, 0) is 19.1 Å². The van der Waals surface area contributed by atoms with Gasteiger partial charge in [0.15, 0.2) is 12.7 Å². The number of benzene rings is 1. The van der Waals surface area contributed by atoms with Crippen molar-refractivity contribution in [2.45, 2.75) is 18.9 Å². The fourth-order valence-electron chi connectivity index (χ4n) is 3.39. The van der Waals surface area contributed by atoms with E-state index >= 15 is 0 Å². The van der Waals surface area contributed by atoms with Crippen LogP contribution >= 0.6 is 0 Å². The molecule has 2 aliphatic rings. The van der Waals surface area contributed by atoms with Gasteiger partial charge in [0, 0.05) is 25.6 Å². The summed E-state index contributed by atoms with van der Waals surface area (Å²) >= 11 is 0. The fourth-order valence-corrected chi connectivity index (χ4v) is 3.39. The Bertz CT molecular complexity index is 672. The lowest BCUT2D eigenvalue weighted by molar-refractivity contribution is -0.161. The van der Waals surface area contributed by atoms with Crippen LogP contribution in [0.3, 0.4) is 0 Å². The van der Waals surface area contributed by atoms with Crippen LogP contribution in [0.5, 0.6) is 5.75 Å². The smallest absolute Gasteiger partial charge is 0.334 e. The summed E-state index contributed by atoms with van der Waals surface area (Å²) < 4.78 is 10.6. The van der Waals surface area contributed by atoms with Gasteiger partial charge in [-0.25, -0.2) is 4.79 Å². The molecule has 2 fully saturated rings. The maximum atomic E-state index is 12.7. The second kappa shape index (κ2) is 8.85. The zero-order valence-electron chi connectivity index (χ0n) is 15.1. The molecule has 1 unspecified atom stereocenters. The number of para-hydroxylation sites is 1. The summed E-state index contributed by atoms with van der Waals surface area (Å²) in [5.74, 6) is -0.724. The van der Waals surface area contributed by atoms with E-state index in [1.165, 1.54) is 0 Å². The van der Waals surface area contributed by atoms with Crippen LogP contribution in [0.1, 0.15) is 12.8 Å². The molecule has 0 aliphatic carbocycles. The zero-order chi connectivity index (χ0) is 19.2. The van der Waals surface area contributed by atoms with Crippen LogP contribution in [0.4, 0.5) is 0 Å². The molecule has 2 amide bonds. The van der Waals surface area contributed by atoms with Crippen LogP contribution < -0.4 is 4.74 Å². The molecule has 1 aromatic carbocycles. The number of aliphatic carboxylic acids is 1. The van der Waals surface area contributed by atoms with Crippen molar-refractivity contribution >= 4 is 17.8 Å². The van der Waals surface area contributed by atoms with E-state index in [1.807, 2.05) is 18.2 Å². The number of carbonyl (C=O) groups is 3. The summed E-state index contributed by atoms with van der Waals surface area (Å²) in [6, 6.07) is 9.16. The summed E-state index contributed by atoms with van der Waals surface area (Å²) in [6.45, 7) is 1.70. The van der Waals surface area contributed by atoms with Crippen LogP contribution in [-0.4, -0.2) is 78.2 Å². The van der Waals surface area contributed by atoms with E-state index in [9.17, 15) is 14.4 Å². The molecule has 2 saturated heterocycles. The molecule has 0 radical (unpaired) electrons. The van der Waals surface area contributed by atoms with Gasteiger partial charge in [-0.1, -0.05) is 18.2 Å². The number of likely N-dealkylation sites (tertiary alicyclic amines) is 1. The molecule has 8 heteroatoms. The molecule has 146 valence electrons. The molecular formula is C19H24N2O6. The van der Waals surface area contributed by atoms with Gasteiger partial charge in [-0.3, -0.25) is 9.59 Å². The quantitative estimate of drug-likeness (QED) is 0.809. The molecule has 8 nitrogen and oxygen atoms in total. The van der Waals surface area contributed by atoms with Gasteiger partial charge in [0.05, 0.1) is 13.2 Å². The number of carbonyl (C=O) groups excluding carboxylic acids is 2. The van der Waals surface area contributed by atoms with Crippen molar-refractivity contribution in [3.05, 3.63) is 30.3 Å². The van der Waals surface area contributed by atoms with Gasteiger partial charge in [0.1, 0.15) is 5.75 Å². The SMILES string of the molecule is O=C(O)C1CN(C(=O)C2CCN(C(=O)COc3ccccc3)CC2)CCO1. The van der Waals surface area contributed by atoms with E-state index in [0.717, 1.165) is 0 Å². The van der Waals surface area contributed by atoms with Gasteiger partial charge < -0.3 is 24.4 Å². The average molecular weight is 376 g/mol. The van der Waals surface area contributed by atoms with Crippen LogP contribution in [0.2, 0.25) is 0 Å². The molecular weight excluding hydrogens is 352 g/mol. The maximum absolute atomic E-state index is 12.7. The van der Waals surface area contributed by atoms with Crippen LogP contribution in [0.15, 0.2) is 30.3 Å². The summed E-state index contributed by atoms with van der Waals surface area (Å²) in [5.41, 5.74) is 0. The van der Waals surface area contributed by atoms with Crippen LogP contribution in [0.25, 0.3) is 0 Å². The Hall–Kier alpha value is -2.61. The van der Waals surface area contributed by atoms with Crippen molar-refractivity contribution in [3.8, 4) is 5.75 Å². The number of hydrogen-bond acceptors (Lipinski definition) is 5. The minimum absolute atomic E-state index is 0.0214. The van der Waals surface area contributed by atoms with E-state index < -0.39 is 12.1 Å². The number of carboxylic acids is 1. The molecule has 1 N–H and O–H groups in total. The predicted octanol–water partition coefficient (Wildman–Crippen LogP) is 0.616. The number of piperidine rings is 1. The van der Waals surface area contributed by atoms with E-state index in [-0.39, 0.29) is 37.5 Å². The first kappa shape index (κ1) is 19.2. The van der Waals surface area contributed by atoms with Crippen molar-refractivity contribution in [3.63, 3.8) is 0 Å². The van der Waals surface area contributed by atoms with Crippen molar-refractivity contribution < 1.29 is 29.0 Å². The third kappa shape index (κ3) is 4.97. The average Bonchev–Trinajstić information content (AvgIpc) is 2.72. The largest absolute Gasteiger partial charge is 0.484 e. The molecule has 1 aromatic rings. The van der Waals surface area contributed by atoms with Gasteiger partial charge in [-0.05, 0) is 25.0 Å². The molecule has 3 rings (SSSR count). The third-order valence-electron chi connectivity index (χ3n) is 4.96. The van der Waals surface area contributed by atoms with Crippen molar-refractivity contribution in [1.29, 1.82) is 0 Å². The second-order valence-corrected chi connectivity index (χ2v) is 6.74. The maximum Gasteiger partial charge on any atom is 0.334 e. The van der Waals surface area contributed by atoms with E-state index in [0.29, 0.717) is 38.2 Å². The lowest BCUT2D eigenvalue weighted by atomic mass is 9.95. The Morgan fingerprint density at radius 3 is 2.44 bits per heavy atom. The standard InChI is InChI=1S/C19H24N2O6/c22-17(13-27-15-4-2-1-3-5-15)20-8-6-14(7-9-20)18(23)21-10-11-26-16(12-21)19(24)25/h1-5,14,16H,6-13H2,(H,24,25). The van der Waals surface area contributed by atoms with Crippen molar-refractivity contribution in [2.75, 3.05) is 39.4 Å². The highest BCUT2D eigenvalue weighted by atomic mass is 16.5. The first-order valence-electron chi connectivity index (χ1n) is 9.13. The normalized spacial score (nSPS) is 21.0. The van der Waals surface area contributed by atoms with E-state index in [2.05, 4.69) is 0 Å². The van der Waals surface area contributed by atoms with Gasteiger partial charge >= 0.3 is 5.97 Å². The molecule has 1 atom stereocenters. The number of carboxylic acid groups (broad SMARTS) is 1. The Kier molecular flexibility index (Phi) is 6.28. The third-order valence-corrected chi connectivity index (χ3v) is 4.96. The van der Waals surface area contributed by atoms with Gasteiger partial charge in [-0.2, -0.15) is 0 Å². The summed E-state index contributed by atoms with van der Waals surface area (Å²) in [6.07, 6.45) is 0.190. The highest BCUT2D eigenvalue weighted by Gasteiger charge is 2.34. The molecule has 0 aromatic heterocycles. The molecule has 27 heavy (non-hydrogen) atoms. The Labute approximate surface area is 157 Å². The number of hydrogen-bond donors (Lipinski definition) is 1. The fraction of sp³-hybridized carbons (Fsp3) is 0.526. The van der Waals surface area contributed by atoms with Crippen molar-refractivity contribution in [2.24, 2.45) is 5.92 Å². The summed E-state index contributed by atoms with van der Waals surface area (Å²) in [7, 11) is 0. The summed E-state index contributed by atoms with van der Waals surface area (Å²) in [4.78, 5) is 39.3. The minimum atomic E-state index is -1.05. The first-order chi connectivity index (χ1) is 13.0. The van der Waals surface area contributed by atoms with Crippen molar-refractivity contribution in [1.82, 2.24) is 9.80 Å². The zero-order valence-corrected chi connectivity index (χ0v) is 15.1. The molecule has 0 spiro atoms.